The number of rotatable bonds is 2. The summed E-state index contributed by atoms with van der Waals surface area (Å²) in [7, 11) is 0. The molecule has 0 radical (unpaired) electrons. The molecule has 0 N–H and O–H groups in total. The van der Waals surface area contributed by atoms with E-state index in [9.17, 15) is 0 Å². The predicted molar refractivity (Wildman–Crippen MR) is 72.7 cm³/mol. The zero-order valence-electron chi connectivity index (χ0n) is 9.93. The summed E-state index contributed by atoms with van der Waals surface area (Å²) in [5.41, 5.74) is 3.88. The summed E-state index contributed by atoms with van der Waals surface area (Å²) in [5, 5.41) is 1.31. The van der Waals surface area contributed by atoms with Crippen LogP contribution in [0.4, 0.5) is 0 Å². The van der Waals surface area contributed by atoms with Crippen molar-refractivity contribution in [3.63, 3.8) is 0 Å². The monoisotopic (exact) mass is 221 g/mol. The summed E-state index contributed by atoms with van der Waals surface area (Å²) in [6, 6.07) is 19.3. The van der Waals surface area contributed by atoms with Crippen LogP contribution in [-0.4, -0.2) is 4.57 Å². The van der Waals surface area contributed by atoms with Gasteiger partial charge < -0.3 is 4.57 Å². The van der Waals surface area contributed by atoms with Gasteiger partial charge in [-0.25, -0.2) is 0 Å². The SMILES string of the molecule is CCc1ccc2c(ccn2-c2ccccc2)c1. The van der Waals surface area contributed by atoms with Gasteiger partial charge in [0.2, 0.25) is 0 Å². The molecule has 0 aliphatic rings. The Morgan fingerprint density at radius 1 is 0.941 bits per heavy atom. The van der Waals surface area contributed by atoms with Gasteiger partial charge in [0.15, 0.2) is 0 Å². The summed E-state index contributed by atoms with van der Waals surface area (Å²) in [6.45, 7) is 2.19. The van der Waals surface area contributed by atoms with Gasteiger partial charge in [0, 0.05) is 17.3 Å². The Morgan fingerprint density at radius 3 is 2.53 bits per heavy atom. The zero-order chi connectivity index (χ0) is 11.7. The number of hydrogen-bond acceptors (Lipinski definition) is 0. The van der Waals surface area contributed by atoms with Crippen LogP contribution in [0.15, 0.2) is 60.8 Å². The molecule has 84 valence electrons. The van der Waals surface area contributed by atoms with E-state index in [0.717, 1.165) is 6.42 Å². The second kappa shape index (κ2) is 4.10. The Morgan fingerprint density at radius 2 is 1.76 bits per heavy atom. The van der Waals surface area contributed by atoms with Gasteiger partial charge in [-0.2, -0.15) is 0 Å². The van der Waals surface area contributed by atoms with Gasteiger partial charge in [-0.05, 0) is 42.3 Å². The van der Waals surface area contributed by atoms with Gasteiger partial charge in [0.1, 0.15) is 0 Å². The lowest BCUT2D eigenvalue weighted by molar-refractivity contribution is 1.12. The van der Waals surface area contributed by atoms with Crippen molar-refractivity contribution in [2.75, 3.05) is 0 Å². The first-order chi connectivity index (χ1) is 8.38. The molecule has 0 spiro atoms. The maximum absolute atomic E-state index is 2.27. The third-order valence-electron chi connectivity index (χ3n) is 3.20. The van der Waals surface area contributed by atoms with Crippen molar-refractivity contribution in [1.29, 1.82) is 0 Å². The van der Waals surface area contributed by atoms with Crippen molar-refractivity contribution >= 4 is 10.9 Å². The fourth-order valence-corrected chi connectivity index (χ4v) is 2.23. The summed E-state index contributed by atoms with van der Waals surface area (Å²) in [5.74, 6) is 0. The average molecular weight is 221 g/mol. The molecule has 0 atom stereocenters. The molecule has 0 fully saturated rings. The van der Waals surface area contributed by atoms with Crippen molar-refractivity contribution in [1.82, 2.24) is 4.57 Å². The number of aromatic nitrogens is 1. The van der Waals surface area contributed by atoms with Crippen LogP contribution in [0.3, 0.4) is 0 Å². The van der Waals surface area contributed by atoms with Gasteiger partial charge in [0.05, 0.1) is 5.52 Å². The number of fused-ring (bicyclic) bond motifs is 1. The quantitative estimate of drug-likeness (QED) is 0.611. The summed E-state index contributed by atoms with van der Waals surface area (Å²) >= 11 is 0. The van der Waals surface area contributed by atoms with E-state index in [1.165, 1.54) is 22.2 Å². The van der Waals surface area contributed by atoms with Gasteiger partial charge in [-0.15, -0.1) is 0 Å². The molecule has 0 aliphatic carbocycles. The fraction of sp³-hybridized carbons (Fsp3) is 0.125. The smallest absolute Gasteiger partial charge is 0.0528 e. The topological polar surface area (TPSA) is 4.93 Å². The molecule has 1 heterocycles. The molecule has 0 aliphatic heterocycles. The normalized spacial score (nSPS) is 10.9. The van der Waals surface area contributed by atoms with Crippen molar-refractivity contribution < 1.29 is 0 Å². The molecular weight excluding hydrogens is 206 g/mol. The van der Waals surface area contributed by atoms with Crippen molar-refractivity contribution in [2.24, 2.45) is 0 Å². The standard InChI is InChI=1S/C16H15N/c1-2-13-8-9-16-14(12-13)10-11-17(16)15-6-4-3-5-7-15/h3-12H,2H2,1H3. The largest absolute Gasteiger partial charge is 0.317 e. The first-order valence-electron chi connectivity index (χ1n) is 6.04. The number of para-hydroxylation sites is 1. The fourth-order valence-electron chi connectivity index (χ4n) is 2.23. The molecule has 2 aromatic carbocycles. The van der Waals surface area contributed by atoms with Crippen LogP contribution < -0.4 is 0 Å². The number of nitrogens with zero attached hydrogens (tertiary/aromatic N) is 1. The number of hydrogen-bond donors (Lipinski definition) is 0. The molecule has 3 rings (SSSR count). The minimum atomic E-state index is 1.09. The van der Waals surface area contributed by atoms with Crippen LogP contribution in [0.5, 0.6) is 0 Å². The molecule has 1 aromatic heterocycles. The van der Waals surface area contributed by atoms with Crippen LogP contribution in [0, 0.1) is 0 Å². The van der Waals surface area contributed by atoms with E-state index >= 15 is 0 Å². The summed E-state index contributed by atoms with van der Waals surface area (Å²) in [6.07, 6.45) is 3.23. The van der Waals surface area contributed by atoms with Crippen LogP contribution in [-0.2, 0) is 6.42 Å². The number of aryl methyl sites for hydroxylation is 1. The van der Waals surface area contributed by atoms with Crippen molar-refractivity contribution in [3.05, 3.63) is 66.4 Å². The summed E-state index contributed by atoms with van der Waals surface area (Å²) < 4.78 is 2.23. The average Bonchev–Trinajstić information content (AvgIpc) is 2.82. The molecule has 0 unspecified atom stereocenters. The van der Waals surface area contributed by atoms with E-state index in [1.54, 1.807) is 0 Å². The Kier molecular flexibility index (Phi) is 2.45. The first kappa shape index (κ1) is 10.2. The lowest BCUT2D eigenvalue weighted by Gasteiger charge is -2.05. The molecule has 0 bridgehead atoms. The molecule has 3 aromatic rings. The zero-order valence-corrected chi connectivity index (χ0v) is 9.93. The minimum absolute atomic E-state index is 1.09. The summed E-state index contributed by atoms with van der Waals surface area (Å²) in [4.78, 5) is 0. The lowest BCUT2D eigenvalue weighted by Crippen LogP contribution is -1.90. The lowest BCUT2D eigenvalue weighted by atomic mass is 10.1. The molecular formula is C16H15N. The van der Waals surface area contributed by atoms with Crippen LogP contribution in [0.2, 0.25) is 0 Å². The highest BCUT2D eigenvalue weighted by Gasteiger charge is 2.02. The van der Waals surface area contributed by atoms with Crippen LogP contribution in [0.25, 0.3) is 16.6 Å². The molecule has 0 saturated carbocycles. The van der Waals surface area contributed by atoms with Crippen molar-refractivity contribution in [3.8, 4) is 5.69 Å². The molecule has 1 heteroatoms. The van der Waals surface area contributed by atoms with Crippen LogP contribution in [0.1, 0.15) is 12.5 Å². The highest BCUT2D eigenvalue weighted by molar-refractivity contribution is 5.82. The third kappa shape index (κ3) is 1.74. The van der Waals surface area contributed by atoms with Gasteiger partial charge in [0.25, 0.3) is 0 Å². The predicted octanol–water partition coefficient (Wildman–Crippen LogP) is 4.19. The highest BCUT2D eigenvalue weighted by atomic mass is 15.0. The minimum Gasteiger partial charge on any atom is -0.317 e. The first-order valence-corrected chi connectivity index (χ1v) is 6.04. The van der Waals surface area contributed by atoms with Gasteiger partial charge in [-0.3, -0.25) is 0 Å². The maximum atomic E-state index is 2.27. The Bertz CT molecular complexity index is 635. The second-order valence-corrected chi connectivity index (χ2v) is 4.27. The van der Waals surface area contributed by atoms with E-state index in [-0.39, 0.29) is 0 Å². The third-order valence-corrected chi connectivity index (χ3v) is 3.20. The Balaban J connectivity index is 2.19. The Hall–Kier alpha value is -2.02. The number of benzene rings is 2. The second-order valence-electron chi connectivity index (χ2n) is 4.27. The van der Waals surface area contributed by atoms with Crippen molar-refractivity contribution in [2.45, 2.75) is 13.3 Å². The van der Waals surface area contributed by atoms with E-state index in [4.69, 9.17) is 0 Å². The van der Waals surface area contributed by atoms with E-state index in [0.29, 0.717) is 0 Å². The van der Waals surface area contributed by atoms with Gasteiger partial charge >= 0.3 is 0 Å². The van der Waals surface area contributed by atoms with E-state index in [2.05, 4.69) is 66.2 Å². The van der Waals surface area contributed by atoms with E-state index in [1.807, 2.05) is 6.07 Å². The van der Waals surface area contributed by atoms with E-state index < -0.39 is 0 Å². The molecule has 17 heavy (non-hydrogen) atoms. The van der Waals surface area contributed by atoms with Gasteiger partial charge in [-0.1, -0.05) is 31.2 Å². The highest BCUT2D eigenvalue weighted by Crippen LogP contribution is 2.21. The molecule has 0 amide bonds. The maximum Gasteiger partial charge on any atom is 0.0528 e. The molecule has 0 saturated heterocycles. The molecule has 1 nitrogen and oxygen atoms in total. The van der Waals surface area contributed by atoms with Crippen LogP contribution >= 0.6 is 0 Å². The Labute approximate surface area is 101 Å².